The molecule has 0 spiro atoms. The summed E-state index contributed by atoms with van der Waals surface area (Å²) in [6.45, 7) is 4.81. The molecular formula is C23H26N4O3. The number of rotatable bonds is 4. The van der Waals surface area contributed by atoms with Crippen LogP contribution in [0.4, 0.5) is 5.69 Å². The molecule has 30 heavy (non-hydrogen) atoms. The van der Waals surface area contributed by atoms with Gasteiger partial charge in [0.2, 0.25) is 5.91 Å². The van der Waals surface area contributed by atoms with E-state index in [4.69, 9.17) is 5.26 Å². The van der Waals surface area contributed by atoms with E-state index in [2.05, 4.69) is 5.32 Å². The second-order valence-electron chi connectivity index (χ2n) is 7.68. The summed E-state index contributed by atoms with van der Waals surface area (Å²) in [4.78, 5) is 39.4. The molecule has 0 radical (unpaired) electrons. The number of amides is 2. The highest BCUT2D eigenvalue weighted by molar-refractivity contribution is 5.95. The number of anilines is 1. The molecule has 0 atom stereocenters. The lowest BCUT2D eigenvalue weighted by Gasteiger charge is -2.20. The van der Waals surface area contributed by atoms with Gasteiger partial charge in [0.1, 0.15) is 18.2 Å². The Balaban J connectivity index is 1.67. The molecule has 0 saturated carbocycles. The number of carbonyl (C=O) groups excluding carboxylic acids is 2. The number of carbonyl (C=O) groups is 2. The van der Waals surface area contributed by atoms with Crippen molar-refractivity contribution in [3.8, 4) is 6.07 Å². The van der Waals surface area contributed by atoms with Crippen molar-refractivity contribution in [3.63, 3.8) is 0 Å². The lowest BCUT2D eigenvalue weighted by molar-refractivity contribution is -0.116. The van der Waals surface area contributed by atoms with E-state index in [0.717, 1.165) is 38.8 Å². The minimum absolute atomic E-state index is 0.0145. The van der Waals surface area contributed by atoms with Gasteiger partial charge in [0, 0.05) is 30.0 Å². The second kappa shape index (κ2) is 9.40. The average Bonchev–Trinajstić information content (AvgIpc) is 3.01. The predicted molar refractivity (Wildman–Crippen MR) is 114 cm³/mol. The second-order valence-corrected chi connectivity index (χ2v) is 7.68. The maximum absolute atomic E-state index is 12.7. The maximum atomic E-state index is 12.7. The fourth-order valence-corrected chi connectivity index (χ4v) is 3.76. The van der Waals surface area contributed by atoms with Crippen molar-refractivity contribution in [1.29, 1.82) is 5.26 Å². The number of nitrogens with zero attached hydrogens (tertiary/aromatic N) is 3. The predicted octanol–water partition coefficient (Wildman–Crippen LogP) is 2.99. The zero-order chi connectivity index (χ0) is 21.7. The molecule has 1 aromatic heterocycles. The van der Waals surface area contributed by atoms with Gasteiger partial charge in [-0.1, -0.05) is 12.8 Å². The van der Waals surface area contributed by atoms with Gasteiger partial charge in [-0.2, -0.15) is 5.26 Å². The molecule has 0 aliphatic carbocycles. The van der Waals surface area contributed by atoms with Crippen molar-refractivity contribution in [2.24, 2.45) is 0 Å². The van der Waals surface area contributed by atoms with Crippen LogP contribution >= 0.6 is 0 Å². The molecule has 1 aliphatic rings. The molecule has 0 unspecified atom stereocenters. The summed E-state index contributed by atoms with van der Waals surface area (Å²) in [6, 6.07) is 10.4. The third-order valence-corrected chi connectivity index (χ3v) is 5.43. The van der Waals surface area contributed by atoms with Gasteiger partial charge in [0.15, 0.2) is 0 Å². The minimum atomic E-state index is -0.469. The van der Waals surface area contributed by atoms with Gasteiger partial charge in [-0.3, -0.25) is 14.4 Å². The van der Waals surface area contributed by atoms with Crippen molar-refractivity contribution in [3.05, 3.63) is 63.1 Å². The summed E-state index contributed by atoms with van der Waals surface area (Å²) in [6.07, 6.45) is 4.39. The van der Waals surface area contributed by atoms with Gasteiger partial charge >= 0.3 is 0 Å². The first-order valence-electron chi connectivity index (χ1n) is 10.2. The first-order valence-corrected chi connectivity index (χ1v) is 10.2. The normalized spacial score (nSPS) is 14.0. The Morgan fingerprint density at radius 2 is 1.70 bits per heavy atom. The molecule has 7 heteroatoms. The Hall–Kier alpha value is -3.40. The highest BCUT2D eigenvalue weighted by Gasteiger charge is 2.17. The van der Waals surface area contributed by atoms with E-state index >= 15 is 0 Å². The highest BCUT2D eigenvalue weighted by atomic mass is 16.2. The van der Waals surface area contributed by atoms with Crippen LogP contribution in [0.5, 0.6) is 0 Å². The number of aryl methyl sites for hydroxylation is 2. The van der Waals surface area contributed by atoms with Crippen LogP contribution in [0, 0.1) is 25.2 Å². The molecular weight excluding hydrogens is 380 g/mol. The van der Waals surface area contributed by atoms with E-state index in [-0.39, 0.29) is 23.9 Å². The Morgan fingerprint density at radius 3 is 2.30 bits per heavy atom. The third kappa shape index (κ3) is 4.77. The van der Waals surface area contributed by atoms with Gasteiger partial charge in [0.25, 0.3) is 11.5 Å². The number of hydrogen-bond acceptors (Lipinski definition) is 4. The van der Waals surface area contributed by atoms with Gasteiger partial charge in [0.05, 0.1) is 0 Å². The van der Waals surface area contributed by atoms with Crippen molar-refractivity contribution in [2.45, 2.75) is 46.1 Å². The number of hydrogen-bond donors (Lipinski definition) is 1. The summed E-state index contributed by atoms with van der Waals surface area (Å²) in [7, 11) is 0. The van der Waals surface area contributed by atoms with E-state index in [9.17, 15) is 14.4 Å². The first-order chi connectivity index (χ1) is 14.4. The van der Waals surface area contributed by atoms with Crippen molar-refractivity contribution >= 4 is 17.5 Å². The number of aromatic nitrogens is 1. The van der Waals surface area contributed by atoms with Crippen molar-refractivity contribution in [2.75, 3.05) is 18.4 Å². The van der Waals surface area contributed by atoms with Crippen LogP contribution in [0.3, 0.4) is 0 Å². The van der Waals surface area contributed by atoms with E-state index < -0.39 is 5.56 Å². The Labute approximate surface area is 175 Å². The topological polar surface area (TPSA) is 95.2 Å². The number of pyridine rings is 1. The van der Waals surface area contributed by atoms with Crippen LogP contribution in [-0.4, -0.2) is 34.4 Å². The fraction of sp³-hybridized carbons (Fsp3) is 0.391. The molecule has 1 aromatic carbocycles. The van der Waals surface area contributed by atoms with E-state index in [0.29, 0.717) is 22.5 Å². The maximum Gasteiger partial charge on any atom is 0.269 e. The van der Waals surface area contributed by atoms with Gasteiger partial charge in [-0.15, -0.1) is 0 Å². The van der Waals surface area contributed by atoms with Crippen LogP contribution in [0.15, 0.2) is 35.1 Å². The van der Waals surface area contributed by atoms with Crippen LogP contribution in [0.2, 0.25) is 0 Å². The largest absolute Gasteiger partial charge is 0.339 e. The molecule has 2 aromatic rings. The Morgan fingerprint density at radius 1 is 1.07 bits per heavy atom. The number of benzene rings is 1. The molecule has 156 valence electrons. The monoisotopic (exact) mass is 406 g/mol. The zero-order valence-corrected chi connectivity index (χ0v) is 17.4. The average molecular weight is 406 g/mol. The third-order valence-electron chi connectivity index (χ3n) is 5.43. The van der Waals surface area contributed by atoms with Crippen LogP contribution in [0.1, 0.15) is 52.9 Å². The van der Waals surface area contributed by atoms with Crippen LogP contribution in [0.25, 0.3) is 0 Å². The summed E-state index contributed by atoms with van der Waals surface area (Å²) in [5.41, 5.74) is 1.93. The molecule has 2 heterocycles. The number of likely N-dealkylation sites (tertiary alicyclic amines) is 1. The first kappa shape index (κ1) is 21.3. The molecule has 2 amide bonds. The summed E-state index contributed by atoms with van der Waals surface area (Å²) < 4.78 is 1.29. The highest BCUT2D eigenvalue weighted by Crippen LogP contribution is 2.16. The lowest BCUT2D eigenvalue weighted by Crippen LogP contribution is -2.32. The lowest BCUT2D eigenvalue weighted by atomic mass is 10.1. The van der Waals surface area contributed by atoms with E-state index in [1.807, 2.05) is 11.0 Å². The fourth-order valence-electron chi connectivity index (χ4n) is 3.76. The van der Waals surface area contributed by atoms with Crippen molar-refractivity contribution < 1.29 is 9.59 Å². The van der Waals surface area contributed by atoms with E-state index in [1.54, 1.807) is 44.2 Å². The molecule has 1 fully saturated rings. The summed E-state index contributed by atoms with van der Waals surface area (Å²) in [5.74, 6) is -0.361. The standard InChI is InChI=1S/C23H26N4O3/c1-16-13-17(2)27(23(30)20(16)14-24)15-21(28)25-19-9-7-18(8-10-19)22(29)26-11-5-3-4-6-12-26/h7-10,13H,3-6,11-12,15H2,1-2H3,(H,25,28). The molecule has 1 saturated heterocycles. The van der Waals surface area contributed by atoms with Gasteiger partial charge in [-0.25, -0.2) is 0 Å². The van der Waals surface area contributed by atoms with Crippen molar-refractivity contribution in [1.82, 2.24) is 9.47 Å². The van der Waals surface area contributed by atoms with Crippen LogP contribution in [-0.2, 0) is 11.3 Å². The number of nitriles is 1. The van der Waals surface area contributed by atoms with Crippen LogP contribution < -0.4 is 10.9 Å². The molecule has 0 bridgehead atoms. The molecule has 1 N–H and O–H groups in total. The molecule has 3 rings (SSSR count). The SMILES string of the molecule is Cc1cc(C)n(CC(=O)Nc2ccc(C(=O)N3CCCCCC3)cc2)c(=O)c1C#N. The zero-order valence-electron chi connectivity index (χ0n) is 17.4. The number of nitrogens with one attached hydrogen (secondary N) is 1. The minimum Gasteiger partial charge on any atom is -0.339 e. The summed E-state index contributed by atoms with van der Waals surface area (Å²) in [5, 5.41) is 11.9. The molecule has 7 nitrogen and oxygen atoms in total. The Kier molecular flexibility index (Phi) is 6.68. The Bertz CT molecular complexity index is 1040. The van der Waals surface area contributed by atoms with E-state index in [1.165, 1.54) is 4.57 Å². The smallest absolute Gasteiger partial charge is 0.269 e. The molecule has 1 aliphatic heterocycles. The summed E-state index contributed by atoms with van der Waals surface area (Å²) >= 11 is 0. The van der Waals surface area contributed by atoms with Gasteiger partial charge in [-0.05, 0) is 62.6 Å². The quantitative estimate of drug-likeness (QED) is 0.844. The van der Waals surface area contributed by atoms with Gasteiger partial charge < -0.3 is 14.8 Å².